The van der Waals surface area contributed by atoms with Gasteiger partial charge in [-0.05, 0) is 6.26 Å². The number of thioether (sulfide) groups is 1. The standard InChI is InChI=1S/C18H18N4S2/c1-23-18-20-9-14-11-22(8-7-16(14)21-18)12-15-10-19-17(24-15)13-5-3-2-4-6-13/h2-6,9-10H,7-8,11-12H2,1H3. The van der Waals surface area contributed by atoms with Gasteiger partial charge in [0, 0.05) is 54.5 Å². The Hall–Kier alpha value is -1.76. The van der Waals surface area contributed by atoms with Gasteiger partial charge in [-0.2, -0.15) is 0 Å². The van der Waals surface area contributed by atoms with Crippen LogP contribution in [0.2, 0.25) is 0 Å². The van der Waals surface area contributed by atoms with Crippen LogP contribution in [0.3, 0.4) is 0 Å². The van der Waals surface area contributed by atoms with Crippen LogP contribution in [0.15, 0.2) is 47.9 Å². The number of hydrogen-bond acceptors (Lipinski definition) is 6. The van der Waals surface area contributed by atoms with Crippen molar-refractivity contribution < 1.29 is 0 Å². The summed E-state index contributed by atoms with van der Waals surface area (Å²) in [5.74, 6) is 0. The third kappa shape index (κ3) is 3.36. The lowest BCUT2D eigenvalue weighted by Gasteiger charge is -2.27. The van der Waals surface area contributed by atoms with E-state index in [9.17, 15) is 0 Å². The molecule has 0 saturated heterocycles. The molecule has 3 heterocycles. The highest BCUT2D eigenvalue weighted by Gasteiger charge is 2.19. The Labute approximate surface area is 150 Å². The van der Waals surface area contributed by atoms with Gasteiger partial charge in [-0.15, -0.1) is 11.3 Å². The molecular weight excluding hydrogens is 336 g/mol. The zero-order valence-electron chi connectivity index (χ0n) is 13.5. The van der Waals surface area contributed by atoms with Crippen LogP contribution in [-0.2, 0) is 19.5 Å². The van der Waals surface area contributed by atoms with E-state index in [2.05, 4.69) is 44.1 Å². The fourth-order valence-electron chi connectivity index (χ4n) is 2.90. The first-order valence-corrected chi connectivity index (χ1v) is 9.97. The summed E-state index contributed by atoms with van der Waals surface area (Å²) in [5, 5.41) is 1.97. The van der Waals surface area contributed by atoms with Gasteiger partial charge in [0.05, 0.1) is 5.69 Å². The summed E-state index contributed by atoms with van der Waals surface area (Å²) in [5.41, 5.74) is 3.66. The maximum absolute atomic E-state index is 4.63. The molecule has 122 valence electrons. The molecule has 24 heavy (non-hydrogen) atoms. The average molecular weight is 355 g/mol. The largest absolute Gasteiger partial charge is 0.293 e. The van der Waals surface area contributed by atoms with Crippen molar-refractivity contribution >= 4 is 23.1 Å². The van der Waals surface area contributed by atoms with Crippen molar-refractivity contribution in [3.8, 4) is 10.6 Å². The monoisotopic (exact) mass is 354 g/mol. The van der Waals surface area contributed by atoms with Gasteiger partial charge in [-0.3, -0.25) is 4.90 Å². The molecule has 4 rings (SSSR count). The summed E-state index contributed by atoms with van der Waals surface area (Å²) in [6, 6.07) is 10.4. The molecule has 1 aliphatic rings. The fourth-order valence-corrected chi connectivity index (χ4v) is 4.22. The Balaban J connectivity index is 1.46. The van der Waals surface area contributed by atoms with Crippen LogP contribution in [0.5, 0.6) is 0 Å². The van der Waals surface area contributed by atoms with Crippen molar-refractivity contribution in [1.29, 1.82) is 0 Å². The molecule has 0 fully saturated rings. The topological polar surface area (TPSA) is 41.9 Å². The van der Waals surface area contributed by atoms with E-state index in [0.717, 1.165) is 36.2 Å². The Morgan fingerprint density at radius 3 is 2.88 bits per heavy atom. The van der Waals surface area contributed by atoms with Crippen molar-refractivity contribution in [2.24, 2.45) is 0 Å². The van der Waals surface area contributed by atoms with E-state index in [1.54, 1.807) is 23.1 Å². The van der Waals surface area contributed by atoms with Gasteiger partial charge in [-0.1, -0.05) is 42.1 Å². The molecule has 0 radical (unpaired) electrons. The van der Waals surface area contributed by atoms with Crippen LogP contribution in [0.1, 0.15) is 16.1 Å². The summed E-state index contributed by atoms with van der Waals surface area (Å²) in [7, 11) is 0. The highest BCUT2D eigenvalue weighted by atomic mass is 32.2. The molecule has 0 spiro atoms. The first-order chi connectivity index (χ1) is 11.8. The van der Waals surface area contributed by atoms with Gasteiger partial charge in [0.2, 0.25) is 0 Å². The van der Waals surface area contributed by atoms with Gasteiger partial charge < -0.3 is 0 Å². The molecule has 2 aromatic heterocycles. The average Bonchev–Trinajstić information content (AvgIpc) is 3.10. The quantitative estimate of drug-likeness (QED) is 0.525. The predicted molar refractivity (Wildman–Crippen MR) is 99.2 cm³/mol. The van der Waals surface area contributed by atoms with Gasteiger partial charge in [-0.25, -0.2) is 15.0 Å². The van der Waals surface area contributed by atoms with Crippen LogP contribution in [0, 0.1) is 0 Å². The van der Waals surface area contributed by atoms with Crippen LogP contribution in [0.4, 0.5) is 0 Å². The molecule has 3 aromatic rings. The number of fused-ring (bicyclic) bond motifs is 1. The second-order valence-electron chi connectivity index (χ2n) is 5.79. The first kappa shape index (κ1) is 15.7. The van der Waals surface area contributed by atoms with Gasteiger partial charge in [0.15, 0.2) is 5.16 Å². The highest BCUT2D eigenvalue weighted by molar-refractivity contribution is 7.98. The molecule has 4 nitrogen and oxygen atoms in total. The predicted octanol–water partition coefficient (Wildman–Crippen LogP) is 3.88. The normalized spacial score (nSPS) is 14.5. The molecule has 0 N–H and O–H groups in total. The second kappa shape index (κ2) is 7.01. The summed E-state index contributed by atoms with van der Waals surface area (Å²) in [4.78, 5) is 17.4. The Morgan fingerprint density at radius 1 is 1.17 bits per heavy atom. The van der Waals surface area contributed by atoms with E-state index in [0.29, 0.717) is 0 Å². The molecular formula is C18H18N4S2. The molecule has 0 amide bonds. The molecule has 6 heteroatoms. The van der Waals surface area contributed by atoms with E-state index < -0.39 is 0 Å². The number of aromatic nitrogens is 3. The lowest BCUT2D eigenvalue weighted by molar-refractivity contribution is 0.244. The van der Waals surface area contributed by atoms with E-state index in [1.165, 1.54) is 21.7 Å². The zero-order valence-corrected chi connectivity index (χ0v) is 15.1. The lowest BCUT2D eigenvalue weighted by atomic mass is 10.1. The minimum Gasteiger partial charge on any atom is -0.293 e. The van der Waals surface area contributed by atoms with E-state index >= 15 is 0 Å². The lowest BCUT2D eigenvalue weighted by Crippen LogP contribution is -2.30. The number of hydrogen-bond donors (Lipinski definition) is 0. The van der Waals surface area contributed by atoms with Gasteiger partial charge in [0.25, 0.3) is 0 Å². The number of thiazole rings is 1. The molecule has 0 unspecified atom stereocenters. The molecule has 1 aromatic carbocycles. The van der Waals surface area contributed by atoms with Crippen LogP contribution >= 0.6 is 23.1 Å². The van der Waals surface area contributed by atoms with Crippen molar-refractivity contribution in [2.75, 3.05) is 12.8 Å². The fraction of sp³-hybridized carbons (Fsp3) is 0.278. The van der Waals surface area contributed by atoms with Crippen molar-refractivity contribution in [3.05, 3.63) is 58.9 Å². The van der Waals surface area contributed by atoms with Crippen molar-refractivity contribution in [1.82, 2.24) is 19.9 Å². The zero-order chi connectivity index (χ0) is 16.4. The summed E-state index contributed by atoms with van der Waals surface area (Å²) < 4.78 is 0. The molecule has 0 saturated carbocycles. The van der Waals surface area contributed by atoms with Crippen molar-refractivity contribution in [2.45, 2.75) is 24.7 Å². The Morgan fingerprint density at radius 2 is 2.04 bits per heavy atom. The molecule has 0 aliphatic carbocycles. The summed E-state index contributed by atoms with van der Waals surface area (Å²) in [6.45, 7) is 2.90. The number of benzene rings is 1. The van der Waals surface area contributed by atoms with E-state index in [-0.39, 0.29) is 0 Å². The maximum atomic E-state index is 4.63. The minimum absolute atomic E-state index is 0.872. The van der Waals surface area contributed by atoms with E-state index in [1.807, 2.05) is 24.7 Å². The number of rotatable bonds is 4. The summed E-state index contributed by atoms with van der Waals surface area (Å²) in [6.07, 6.45) is 7.01. The molecule has 0 atom stereocenters. The Bertz CT molecular complexity index is 832. The number of nitrogens with zero attached hydrogens (tertiary/aromatic N) is 4. The van der Waals surface area contributed by atoms with Gasteiger partial charge in [0.1, 0.15) is 5.01 Å². The van der Waals surface area contributed by atoms with Gasteiger partial charge >= 0.3 is 0 Å². The molecule has 1 aliphatic heterocycles. The third-order valence-corrected chi connectivity index (χ3v) is 5.72. The second-order valence-corrected chi connectivity index (χ2v) is 7.68. The smallest absolute Gasteiger partial charge is 0.187 e. The first-order valence-electron chi connectivity index (χ1n) is 7.93. The summed E-state index contributed by atoms with van der Waals surface area (Å²) >= 11 is 3.38. The van der Waals surface area contributed by atoms with Crippen molar-refractivity contribution in [3.63, 3.8) is 0 Å². The highest BCUT2D eigenvalue weighted by Crippen LogP contribution is 2.27. The minimum atomic E-state index is 0.872. The van der Waals surface area contributed by atoms with E-state index in [4.69, 9.17) is 0 Å². The van der Waals surface area contributed by atoms with Crippen LogP contribution in [0.25, 0.3) is 10.6 Å². The Kier molecular flexibility index (Phi) is 4.60. The van der Waals surface area contributed by atoms with Crippen LogP contribution < -0.4 is 0 Å². The third-order valence-electron chi connectivity index (χ3n) is 4.13. The maximum Gasteiger partial charge on any atom is 0.187 e. The SMILES string of the molecule is CSc1ncc2c(n1)CCN(Cc1cnc(-c3ccccc3)s1)C2. The molecule has 0 bridgehead atoms. The van der Waals surface area contributed by atoms with Crippen LogP contribution in [-0.4, -0.2) is 32.7 Å².